The second kappa shape index (κ2) is 6.45. The molecule has 0 spiro atoms. The average Bonchev–Trinajstić information content (AvgIpc) is 2.32. The molecule has 16 heavy (non-hydrogen) atoms. The Kier molecular flexibility index (Phi) is 5.22. The quantitative estimate of drug-likeness (QED) is 0.579. The normalized spacial score (nSPS) is 12.5. The van der Waals surface area contributed by atoms with Crippen LogP contribution in [-0.2, 0) is 0 Å². The van der Waals surface area contributed by atoms with Gasteiger partial charge in [0.2, 0.25) is 0 Å². The summed E-state index contributed by atoms with van der Waals surface area (Å²) in [6.45, 7) is 2.12. The monoisotopic (exact) mass is 226 g/mol. The standard InChI is InChI=1S/C12H19FN2O/c1-3-4-5-11(15-14)9-6-7-10(13)12(8-9)16-2/h6-8,11,15H,3-5,14H2,1-2H3. The van der Waals surface area contributed by atoms with E-state index in [1.165, 1.54) is 13.2 Å². The number of rotatable bonds is 6. The van der Waals surface area contributed by atoms with Gasteiger partial charge in [0.15, 0.2) is 11.6 Å². The third-order valence-electron chi connectivity index (χ3n) is 2.63. The molecule has 0 fully saturated rings. The van der Waals surface area contributed by atoms with Gasteiger partial charge in [0.1, 0.15) is 0 Å². The van der Waals surface area contributed by atoms with E-state index in [0.29, 0.717) is 0 Å². The summed E-state index contributed by atoms with van der Waals surface area (Å²) in [5.74, 6) is 5.40. The molecule has 1 unspecified atom stereocenters. The lowest BCUT2D eigenvalue weighted by molar-refractivity contribution is 0.384. The molecule has 0 aliphatic heterocycles. The Bertz CT molecular complexity index is 331. The third kappa shape index (κ3) is 3.18. The van der Waals surface area contributed by atoms with Crippen molar-refractivity contribution in [1.29, 1.82) is 0 Å². The number of hydrazine groups is 1. The Morgan fingerprint density at radius 2 is 2.25 bits per heavy atom. The van der Waals surface area contributed by atoms with Gasteiger partial charge in [-0.3, -0.25) is 11.3 Å². The van der Waals surface area contributed by atoms with Crippen molar-refractivity contribution in [2.45, 2.75) is 32.2 Å². The highest BCUT2D eigenvalue weighted by Gasteiger charge is 2.11. The summed E-state index contributed by atoms with van der Waals surface area (Å²) < 4.78 is 18.2. The highest BCUT2D eigenvalue weighted by Crippen LogP contribution is 2.25. The fourth-order valence-corrected chi connectivity index (χ4v) is 1.65. The number of benzene rings is 1. The fraction of sp³-hybridized carbons (Fsp3) is 0.500. The number of hydrogen-bond donors (Lipinski definition) is 2. The lowest BCUT2D eigenvalue weighted by atomic mass is 10.0. The van der Waals surface area contributed by atoms with Crippen molar-refractivity contribution >= 4 is 0 Å². The van der Waals surface area contributed by atoms with E-state index in [4.69, 9.17) is 10.6 Å². The largest absolute Gasteiger partial charge is 0.494 e. The van der Waals surface area contributed by atoms with Crippen molar-refractivity contribution in [3.8, 4) is 5.75 Å². The number of hydrogen-bond acceptors (Lipinski definition) is 3. The van der Waals surface area contributed by atoms with Gasteiger partial charge in [-0.1, -0.05) is 25.8 Å². The van der Waals surface area contributed by atoms with Gasteiger partial charge in [0.05, 0.1) is 7.11 Å². The van der Waals surface area contributed by atoms with Crippen LogP contribution in [0.15, 0.2) is 18.2 Å². The lowest BCUT2D eigenvalue weighted by Crippen LogP contribution is -2.28. The van der Waals surface area contributed by atoms with E-state index in [1.807, 2.05) is 0 Å². The van der Waals surface area contributed by atoms with Crippen LogP contribution in [0.3, 0.4) is 0 Å². The summed E-state index contributed by atoms with van der Waals surface area (Å²) in [5, 5.41) is 0. The highest BCUT2D eigenvalue weighted by molar-refractivity contribution is 5.32. The molecule has 1 atom stereocenters. The molecule has 90 valence electrons. The number of nitrogens with one attached hydrogen (secondary N) is 1. The van der Waals surface area contributed by atoms with Crippen molar-refractivity contribution in [2.75, 3.05) is 7.11 Å². The molecule has 0 aliphatic carbocycles. The van der Waals surface area contributed by atoms with Gasteiger partial charge in [-0.2, -0.15) is 0 Å². The van der Waals surface area contributed by atoms with E-state index in [-0.39, 0.29) is 17.6 Å². The van der Waals surface area contributed by atoms with Crippen LogP contribution < -0.4 is 16.0 Å². The lowest BCUT2D eigenvalue weighted by Gasteiger charge is -2.16. The molecule has 1 aromatic rings. The van der Waals surface area contributed by atoms with Gasteiger partial charge < -0.3 is 4.74 Å². The summed E-state index contributed by atoms with van der Waals surface area (Å²) in [5.41, 5.74) is 3.70. The maximum Gasteiger partial charge on any atom is 0.165 e. The number of methoxy groups -OCH3 is 1. The highest BCUT2D eigenvalue weighted by atomic mass is 19.1. The molecular formula is C12H19FN2O. The number of ether oxygens (including phenoxy) is 1. The topological polar surface area (TPSA) is 47.3 Å². The maximum absolute atomic E-state index is 13.2. The summed E-state index contributed by atoms with van der Waals surface area (Å²) in [6, 6.07) is 4.88. The zero-order chi connectivity index (χ0) is 12.0. The van der Waals surface area contributed by atoms with Crippen LogP contribution in [0.1, 0.15) is 37.8 Å². The molecule has 0 aliphatic rings. The van der Waals surface area contributed by atoms with E-state index < -0.39 is 0 Å². The molecule has 0 saturated carbocycles. The van der Waals surface area contributed by atoms with Gasteiger partial charge in [-0.15, -0.1) is 0 Å². The molecule has 3 nitrogen and oxygen atoms in total. The van der Waals surface area contributed by atoms with E-state index >= 15 is 0 Å². The van der Waals surface area contributed by atoms with Gasteiger partial charge in [-0.05, 0) is 24.1 Å². The molecule has 0 saturated heterocycles. The second-order valence-electron chi connectivity index (χ2n) is 3.76. The second-order valence-corrected chi connectivity index (χ2v) is 3.76. The molecule has 0 radical (unpaired) electrons. The predicted molar refractivity (Wildman–Crippen MR) is 62.5 cm³/mol. The van der Waals surface area contributed by atoms with Crippen molar-refractivity contribution < 1.29 is 9.13 Å². The molecule has 1 aromatic carbocycles. The Morgan fingerprint density at radius 1 is 1.50 bits per heavy atom. The summed E-state index contributed by atoms with van der Waals surface area (Å²) in [4.78, 5) is 0. The van der Waals surface area contributed by atoms with Crippen molar-refractivity contribution in [2.24, 2.45) is 5.84 Å². The van der Waals surface area contributed by atoms with Crippen LogP contribution >= 0.6 is 0 Å². The zero-order valence-corrected chi connectivity index (χ0v) is 9.79. The summed E-state index contributed by atoms with van der Waals surface area (Å²) in [7, 11) is 1.46. The summed E-state index contributed by atoms with van der Waals surface area (Å²) >= 11 is 0. The van der Waals surface area contributed by atoms with Crippen LogP contribution in [0, 0.1) is 5.82 Å². The zero-order valence-electron chi connectivity index (χ0n) is 9.79. The molecule has 0 amide bonds. The Hall–Kier alpha value is -1.13. The Morgan fingerprint density at radius 3 is 2.81 bits per heavy atom. The first-order chi connectivity index (χ1) is 7.72. The van der Waals surface area contributed by atoms with Gasteiger partial charge in [-0.25, -0.2) is 4.39 Å². The first kappa shape index (κ1) is 12.9. The third-order valence-corrected chi connectivity index (χ3v) is 2.63. The van der Waals surface area contributed by atoms with Crippen LogP contribution in [0.5, 0.6) is 5.75 Å². The van der Waals surface area contributed by atoms with Crippen LogP contribution in [-0.4, -0.2) is 7.11 Å². The van der Waals surface area contributed by atoms with Crippen molar-refractivity contribution in [1.82, 2.24) is 5.43 Å². The van der Waals surface area contributed by atoms with Crippen molar-refractivity contribution in [3.63, 3.8) is 0 Å². The molecule has 3 N–H and O–H groups in total. The number of nitrogens with two attached hydrogens (primary N) is 1. The first-order valence-corrected chi connectivity index (χ1v) is 5.52. The van der Waals surface area contributed by atoms with Crippen LogP contribution in [0.4, 0.5) is 4.39 Å². The Labute approximate surface area is 95.8 Å². The first-order valence-electron chi connectivity index (χ1n) is 5.52. The van der Waals surface area contributed by atoms with Crippen molar-refractivity contribution in [3.05, 3.63) is 29.6 Å². The smallest absolute Gasteiger partial charge is 0.165 e. The average molecular weight is 226 g/mol. The molecule has 0 heterocycles. The molecule has 0 bridgehead atoms. The molecule has 0 aromatic heterocycles. The van der Waals surface area contributed by atoms with E-state index in [1.54, 1.807) is 12.1 Å². The number of unbranched alkanes of at least 4 members (excludes halogenated alkanes) is 1. The maximum atomic E-state index is 13.2. The minimum absolute atomic E-state index is 0.0504. The molecule has 4 heteroatoms. The molecule has 1 rings (SSSR count). The SMILES string of the molecule is CCCCC(NN)c1ccc(F)c(OC)c1. The minimum Gasteiger partial charge on any atom is -0.494 e. The van der Waals surface area contributed by atoms with Gasteiger partial charge in [0, 0.05) is 6.04 Å². The predicted octanol–water partition coefficient (Wildman–Crippen LogP) is 2.53. The van der Waals surface area contributed by atoms with Crippen LogP contribution in [0.2, 0.25) is 0 Å². The van der Waals surface area contributed by atoms with E-state index in [9.17, 15) is 4.39 Å². The molecular weight excluding hydrogens is 207 g/mol. The van der Waals surface area contributed by atoms with E-state index in [2.05, 4.69) is 12.3 Å². The van der Waals surface area contributed by atoms with Gasteiger partial charge in [0.25, 0.3) is 0 Å². The fourth-order valence-electron chi connectivity index (χ4n) is 1.65. The van der Waals surface area contributed by atoms with E-state index in [0.717, 1.165) is 24.8 Å². The number of halogens is 1. The van der Waals surface area contributed by atoms with Gasteiger partial charge >= 0.3 is 0 Å². The Balaban J connectivity index is 2.83. The summed E-state index contributed by atoms with van der Waals surface area (Å²) in [6.07, 6.45) is 3.12. The minimum atomic E-state index is -0.350. The van der Waals surface area contributed by atoms with Crippen LogP contribution in [0.25, 0.3) is 0 Å².